The monoisotopic (exact) mass is 330 g/mol. The van der Waals surface area contributed by atoms with Gasteiger partial charge in [0, 0.05) is 6.54 Å². The fraction of sp³-hybridized carbons (Fsp3) is 0.389. The number of amides is 2. The molecule has 6 nitrogen and oxygen atoms in total. The highest BCUT2D eigenvalue weighted by molar-refractivity contribution is 5.73. The highest BCUT2D eigenvalue weighted by Crippen LogP contribution is 2.45. The normalized spacial score (nSPS) is 16.2. The van der Waals surface area contributed by atoms with E-state index in [1.807, 2.05) is 24.3 Å². The molecule has 1 atom stereocenters. The van der Waals surface area contributed by atoms with E-state index in [0.717, 1.165) is 24.2 Å². The van der Waals surface area contributed by atoms with Gasteiger partial charge < -0.3 is 24.9 Å². The lowest BCUT2D eigenvalue weighted by atomic mass is 9.94. The second-order valence-corrected chi connectivity index (χ2v) is 6.06. The zero-order valence-electron chi connectivity index (χ0n) is 13.6. The Hall–Kier alpha value is -2.47. The van der Waals surface area contributed by atoms with Crippen molar-refractivity contribution in [1.82, 2.24) is 10.6 Å². The number of hydrogen-bond donors (Lipinski definition) is 3. The Balaban J connectivity index is 1.51. The van der Waals surface area contributed by atoms with Gasteiger partial charge in [-0.3, -0.25) is 0 Å². The Bertz CT molecular complexity index is 665. The SMILES string of the molecule is COc1ccc(CNC(=O)NC[C@](O)(c2ccco2)C2CC2)cc1. The van der Waals surface area contributed by atoms with Crippen LogP contribution in [0.5, 0.6) is 5.75 Å². The number of rotatable bonds is 7. The molecule has 24 heavy (non-hydrogen) atoms. The van der Waals surface area contributed by atoms with Gasteiger partial charge in [-0.1, -0.05) is 12.1 Å². The summed E-state index contributed by atoms with van der Waals surface area (Å²) in [5.41, 5.74) is -0.171. The van der Waals surface area contributed by atoms with Crippen molar-refractivity contribution < 1.29 is 19.1 Å². The van der Waals surface area contributed by atoms with Crippen LogP contribution in [0.3, 0.4) is 0 Å². The van der Waals surface area contributed by atoms with Crippen molar-refractivity contribution in [2.45, 2.75) is 25.0 Å². The van der Waals surface area contributed by atoms with Gasteiger partial charge in [0.2, 0.25) is 0 Å². The van der Waals surface area contributed by atoms with Crippen LogP contribution in [0.25, 0.3) is 0 Å². The van der Waals surface area contributed by atoms with Crippen LogP contribution < -0.4 is 15.4 Å². The Morgan fingerprint density at radius 2 is 2.04 bits per heavy atom. The van der Waals surface area contributed by atoms with E-state index in [9.17, 15) is 9.90 Å². The van der Waals surface area contributed by atoms with Crippen molar-refractivity contribution in [3.8, 4) is 5.75 Å². The van der Waals surface area contributed by atoms with E-state index < -0.39 is 5.60 Å². The third-order valence-corrected chi connectivity index (χ3v) is 4.33. The average Bonchev–Trinajstić information content (AvgIpc) is 3.33. The second-order valence-electron chi connectivity index (χ2n) is 6.06. The summed E-state index contributed by atoms with van der Waals surface area (Å²) < 4.78 is 10.4. The summed E-state index contributed by atoms with van der Waals surface area (Å²) in [6.07, 6.45) is 3.41. The maximum atomic E-state index is 12.0. The van der Waals surface area contributed by atoms with Crippen LogP contribution in [0.15, 0.2) is 47.1 Å². The Labute approximate surface area is 140 Å². The van der Waals surface area contributed by atoms with Gasteiger partial charge in [-0.15, -0.1) is 0 Å². The van der Waals surface area contributed by atoms with Gasteiger partial charge in [0.15, 0.2) is 0 Å². The standard InChI is InChI=1S/C18H22N2O4/c1-23-15-8-4-13(5-9-15)11-19-17(21)20-12-18(22,14-6-7-14)16-3-2-10-24-16/h2-5,8-10,14,22H,6-7,11-12H2,1H3,(H2,19,20,21)/t18-/m1/s1. The first-order valence-corrected chi connectivity index (χ1v) is 8.03. The maximum Gasteiger partial charge on any atom is 0.315 e. The summed E-state index contributed by atoms with van der Waals surface area (Å²) in [6, 6.07) is 10.6. The summed E-state index contributed by atoms with van der Waals surface area (Å²) in [7, 11) is 1.61. The molecule has 0 radical (unpaired) electrons. The van der Waals surface area contributed by atoms with E-state index in [0.29, 0.717) is 12.3 Å². The highest BCUT2D eigenvalue weighted by atomic mass is 16.5. The molecule has 2 amide bonds. The molecule has 0 aliphatic heterocycles. The number of methoxy groups -OCH3 is 1. The van der Waals surface area contributed by atoms with Gasteiger partial charge in [0.05, 0.1) is 19.9 Å². The van der Waals surface area contributed by atoms with E-state index >= 15 is 0 Å². The minimum absolute atomic E-state index is 0.125. The minimum Gasteiger partial charge on any atom is -0.497 e. The van der Waals surface area contributed by atoms with Crippen LogP contribution >= 0.6 is 0 Å². The third-order valence-electron chi connectivity index (χ3n) is 4.33. The number of benzene rings is 1. The van der Waals surface area contributed by atoms with Crippen molar-refractivity contribution in [2.75, 3.05) is 13.7 Å². The van der Waals surface area contributed by atoms with Crippen molar-refractivity contribution in [1.29, 1.82) is 0 Å². The molecule has 6 heteroatoms. The van der Waals surface area contributed by atoms with Crippen LogP contribution in [-0.2, 0) is 12.1 Å². The molecular weight excluding hydrogens is 308 g/mol. The molecule has 3 rings (SSSR count). The van der Waals surface area contributed by atoms with Gasteiger partial charge >= 0.3 is 6.03 Å². The van der Waals surface area contributed by atoms with Gasteiger partial charge in [-0.25, -0.2) is 4.79 Å². The number of ether oxygens (including phenoxy) is 1. The van der Waals surface area contributed by atoms with E-state index in [4.69, 9.17) is 9.15 Å². The van der Waals surface area contributed by atoms with E-state index in [2.05, 4.69) is 10.6 Å². The predicted octanol–water partition coefficient (Wildman–Crippen LogP) is 2.39. The van der Waals surface area contributed by atoms with Crippen molar-refractivity contribution in [3.05, 3.63) is 54.0 Å². The quantitative estimate of drug-likeness (QED) is 0.728. The fourth-order valence-corrected chi connectivity index (χ4v) is 2.72. The third kappa shape index (κ3) is 3.71. The molecule has 1 aliphatic rings. The zero-order valence-corrected chi connectivity index (χ0v) is 13.6. The lowest BCUT2D eigenvalue weighted by molar-refractivity contribution is -0.00449. The lowest BCUT2D eigenvalue weighted by Gasteiger charge is -2.26. The molecule has 128 valence electrons. The zero-order chi connectivity index (χ0) is 17.0. The number of carbonyl (C=O) groups is 1. The summed E-state index contributed by atoms with van der Waals surface area (Å²) in [5.74, 6) is 1.40. The topological polar surface area (TPSA) is 83.7 Å². The van der Waals surface area contributed by atoms with Crippen LogP contribution in [0.4, 0.5) is 4.79 Å². The first-order chi connectivity index (χ1) is 11.6. The number of nitrogens with one attached hydrogen (secondary N) is 2. The van der Waals surface area contributed by atoms with Crippen LogP contribution in [0.1, 0.15) is 24.2 Å². The molecule has 3 N–H and O–H groups in total. The Morgan fingerprint density at radius 1 is 1.29 bits per heavy atom. The molecule has 1 aliphatic carbocycles. The highest BCUT2D eigenvalue weighted by Gasteiger charge is 2.47. The smallest absolute Gasteiger partial charge is 0.315 e. The number of aliphatic hydroxyl groups is 1. The molecule has 1 aromatic heterocycles. The summed E-state index contributed by atoms with van der Waals surface area (Å²) in [4.78, 5) is 12.0. The van der Waals surface area contributed by atoms with Crippen molar-refractivity contribution >= 4 is 6.03 Å². The number of urea groups is 1. The molecule has 2 aromatic rings. The molecule has 0 spiro atoms. The van der Waals surface area contributed by atoms with Gasteiger partial charge in [0.25, 0.3) is 0 Å². The molecule has 0 bridgehead atoms. The molecule has 1 aromatic carbocycles. The molecule has 0 unspecified atom stereocenters. The van der Waals surface area contributed by atoms with Crippen LogP contribution in [-0.4, -0.2) is 24.8 Å². The number of hydrogen-bond acceptors (Lipinski definition) is 4. The van der Waals surface area contributed by atoms with Gasteiger partial charge in [-0.05, 0) is 48.6 Å². The van der Waals surface area contributed by atoms with Gasteiger partial charge in [-0.2, -0.15) is 0 Å². The van der Waals surface area contributed by atoms with E-state index in [1.165, 1.54) is 6.26 Å². The van der Waals surface area contributed by atoms with E-state index in [1.54, 1.807) is 19.2 Å². The summed E-state index contributed by atoms with van der Waals surface area (Å²) >= 11 is 0. The van der Waals surface area contributed by atoms with Crippen molar-refractivity contribution in [2.24, 2.45) is 5.92 Å². The largest absolute Gasteiger partial charge is 0.497 e. The lowest BCUT2D eigenvalue weighted by Crippen LogP contribution is -2.45. The molecule has 1 heterocycles. The predicted molar refractivity (Wildman–Crippen MR) is 88.6 cm³/mol. The van der Waals surface area contributed by atoms with Crippen molar-refractivity contribution in [3.63, 3.8) is 0 Å². The molecular formula is C18H22N2O4. The Kier molecular flexibility index (Phi) is 4.76. The average molecular weight is 330 g/mol. The minimum atomic E-state index is -1.14. The Morgan fingerprint density at radius 3 is 2.62 bits per heavy atom. The molecule has 1 fully saturated rings. The van der Waals surface area contributed by atoms with Gasteiger partial charge in [0.1, 0.15) is 17.1 Å². The van der Waals surface area contributed by atoms with E-state index in [-0.39, 0.29) is 18.5 Å². The van der Waals surface area contributed by atoms with Crippen LogP contribution in [0.2, 0.25) is 0 Å². The summed E-state index contributed by atoms with van der Waals surface area (Å²) in [6.45, 7) is 0.526. The number of furan rings is 1. The second kappa shape index (κ2) is 6.97. The first-order valence-electron chi connectivity index (χ1n) is 8.03. The molecule has 0 saturated heterocycles. The molecule has 1 saturated carbocycles. The summed E-state index contributed by atoms with van der Waals surface area (Å²) in [5, 5.41) is 16.4. The fourth-order valence-electron chi connectivity index (χ4n) is 2.72. The van der Waals surface area contributed by atoms with Crippen LogP contribution in [0, 0.1) is 5.92 Å². The number of carbonyl (C=O) groups excluding carboxylic acids is 1. The maximum absolute atomic E-state index is 12.0. The first kappa shape index (κ1) is 16.4.